The molecule has 0 unspecified atom stereocenters. The van der Waals surface area contributed by atoms with Gasteiger partial charge in [0, 0.05) is 49.3 Å². The Hall–Kier alpha value is -10.3. The number of likely N-dealkylation sites (tertiary alicyclic amines) is 1. The summed E-state index contributed by atoms with van der Waals surface area (Å²) < 4.78 is 14.3. The Labute approximate surface area is 553 Å². The number of aromatic nitrogens is 1. The highest BCUT2D eigenvalue weighted by Crippen LogP contribution is 2.23. The maximum absolute atomic E-state index is 15.1. The molecule has 0 bridgehead atoms. The van der Waals surface area contributed by atoms with Gasteiger partial charge in [0.05, 0.1) is 18.9 Å². The van der Waals surface area contributed by atoms with Gasteiger partial charge in [-0.1, -0.05) is 100 Å². The zero-order chi connectivity index (χ0) is 70.3. The minimum Gasteiger partial charge on any atom is -0.508 e. The van der Waals surface area contributed by atoms with Crippen LogP contribution < -0.4 is 59.7 Å². The number of para-hydroxylation sites is 1. The molecule has 10 amide bonds. The summed E-state index contributed by atoms with van der Waals surface area (Å²) in [5.41, 5.74) is 19.8. The largest absolute Gasteiger partial charge is 0.508 e. The fraction of sp³-hybridized carbons (Fsp3) is 0.433. The summed E-state index contributed by atoms with van der Waals surface area (Å²) in [6.07, 6.45) is -0.743. The molecule has 1 aromatic heterocycles. The summed E-state index contributed by atoms with van der Waals surface area (Å²) in [6.45, 7) is 7.30. The van der Waals surface area contributed by atoms with Gasteiger partial charge in [0.1, 0.15) is 65.9 Å². The molecule has 6 rings (SSSR count). The number of carboxylic acids is 2. The second-order valence-corrected chi connectivity index (χ2v) is 24.6. The molecular formula is C67H86FN13O15. The molecule has 10 atom stereocenters. The predicted octanol–water partition coefficient (Wildman–Crippen LogP) is 0.356. The van der Waals surface area contributed by atoms with Gasteiger partial charge in [0.25, 0.3) is 0 Å². The van der Waals surface area contributed by atoms with Crippen LogP contribution in [0.15, 0.2) is 109 Å². The molecule has 516 valence electrons. The number of phenols is 1. The average Bonchev–Trinajstić information content (AvgIpc) is 1.59. The van der Waals surface area contributed by atoms with Gasteiger partial charge in [-0.05, 0) is 103 Å². The number of fused-ring (bicyclic) bond motifs is 1. The lowest BCUT2D eigenvalue weighted by molar-refractivity contribution is -0.144. The van der Waals surface area contributed by atoms with Gasteiger partial charge in [0.2, 0.25) is 59.1 Å². The standard InChI is InChI=1S/C67H86FN13O15/c1-36(2)28-47(74-58(86)46(16-10-26-69)73-65(93)57(71)37(3)4)59(87)79-52(31-40-20-24-43(82)25-21-40)66(94)81-27-11-17-54(81)64(92)78-49(29-38-12-6-5-7-13-38)61(89)75-48(30-39-18-22-42(68)23-19-39)60(88)76-50(33-55(70)83)62(90)77-51(34-56(84)85)63(91)80-53(67(95)96)32-41-35-72-45-15-9-8-14-44(41)45/h5-9,12-15,18-25,35-37,46-54,57,72,82H,10-11,16-17,26-34,69,71H2,1-4H3,(H2,70,83)(H,73,93)(H,74,86)(H,75,89)(H,76,88)(H,77,90)(H,78,92)(H,79,87)(H,80,91)(H,84,85)(H,95,96)/t46-,47-,48-,49-,50-,51-,52-,53-,54-,57-/m0/s1. The van der Waals surface area contributed by atoms with Crippen LogP contribution in [0.3, 0.4) is 0 Å². The molecule has 18 N–H and O–H groups in total. The Kier molecular flexibility index (Phi) is 27.9. The molecule has 1 saturated heterocycles. The second kappa shape index (κ2) is 35.8. The van der Waals surface area contributed by atoms with Crippen molar-refractivity contribution >= 4 is 81.9 Å². The number of aromatic hydroxyl groups is 1. The molecule has 1 aliphatic heterocycles. The highest BCUT2D eigenvalue weighted by Gasteiger charge is 2.41. The van der Waals surface area contributed by atoms with Crippen LogP contribution in [0, 0.1) is 17.7 Å². The SMILES string of the molecule is CC(C)C[C@H](NC(=O)[C@H](CCCN)NC(=O)[C@@H](N)C(C)C)C(=O)N[C@@H](Cc1ccc(O)cc1)C(=O)N1CCC[C@H]1C(=O)N[C@@H](Cc1ccccc1)C(=O)N[C@@H](Cc1ccc(F)cc1)C(=O)N[C@@H](CC(N)=O)C(=O)N[C@@H](CC(=O)O)C(=O)N[C@@H](Cc1c[nH]c2ccccc12)C(=O)O. The number of benzene rings is 4. The quantitative estimate of drug-likeness (QED) is 0.0257. The molecule has 0 radical (unpaired) electrons. The highest BCUT2D eigenvalue weighted by atomic mass is 19.1. The third kappa shape index (κ3) is 22.5. The van der Waals surface area contributed by atoms with E-state index in [1.807, 2.05) is 13.8 Å². The summed E-state index contributed by atoms with van der Waals surface area (Å²) >= 11 is 0. The number of carboxylic acid groups (broad SMARTS) is 2. The number of halogens is 1. The first-order valence-electron chi connectivity index (χ1n) is 31.6. The first kappa shape index (κ1) is 74.7. The Morgan fingerprint density at radius 3 is 1.65 bits per heavy atom. The number of hydrogen-bond acceptors (Lipinski definition) is 15. The summed E-state index contributed by atoms with van der Waals surface area (Å²) in [7, 11) is 0. The third-order valence-electron chi connectivity index (χ3n) is 16.2. The van der Waals surface area contributed by atoms with E-state index < -0.39 is 157 Å². The molecule has 0 aliphatic carbocycles. The monoisotopic (exact) mass is 1330 g/mol. The number of nitrogens with one attached hydrogen (secondary N) is 9. The number of phenolic OH excluding ortho intramolecular Hbond substituents is 1. The Balaban J connectivity index is 1.25. The Morgan fingerprint density at radius 1 is 0.573 bits per heavy atom. The van der Waals surface area contributed by atoms with Crippen molar-refractivity contribution < 1.29 is 77.2 Å². The number of H-pyrrole nitrogens is 1. The lowest BCUT2D eigenvalue weighted by Crippen LogP contribution is -2.61. The number of nitrogens with zero attached hydrogens (tertiary/aromatic N) is 1. The second-order valence-electron chi connectivity index (χ2n) is 24.6. The van der Waals surface area contributed by atoms with E-state index in [9.17, 15) is 72.4 Å². The summed E-state index contributed by atoms with van der Waals surface area (Å²) in [4.78, 5) is 170. The van der Waals surface area contributed by atoms with Crippen molar-refractivity contribution in [2.24, 2.45) is 29.0 Å². The van der Waals surface area contributed by atoms with Crippen molar-refractivity contribution in [3.63, 3.8) is 0 Å². The van der Waals surface area contributed by atoms with Crippen molar-refractivity contribution in [2.75, 3.05) is 13.1 Å². The summed E-state index contributed by atoms with van der Waals surface area (Å²) in [6, 6.07) is 11.0. The molecule has 96 heavy (non-hydrogen) atoms. The molecule has 2 heterocycles. The predicted molar refractivity (Wildman–Crippen MR) is 349 cm³/mol. The van der Waals surface area contributed by atoms with E-state index in [2.05, 4.69) is 47.5 Å². The molecule has 28 nitrogen and oxygen atoms in total. The Morgan fingerprint density at radius 2 is 1.06 bits per heavy atom. The molecule has 0 saturated carbocycles. The Bertz CT molecular complexity index is 3550. The van der Waals surface area contributed by atoms with E-state index in [1.54, 1.807) is 74.6 Å². The van der Waals surface area contributed by atoms with E-state index >= 15 is 4.79 Å². The van der Waals surface area contributed by atoms with E-state index in [-0.39, 0.29) is 81.2 Å². The van der Waals surface area contributed by atoms with Crippen LogP contribution in [0.25, 0.3) is 10.9 Å². The van der Waals surface area contributed by atoms with Gasteiger partial charge in [-0.2, -0.15) is 0 Å². The average molecular weight is 1330 g/mol. The summed E-state index contributed by atoms with van der Waals surface area (Å²) in [5, 5.41) is 51.1. The number of primary amides is 1. The van der Waals surface area contributed by atoms with Crippen LogP contribution in [-0.4, -0.2) is 170 Å². The van der Waals surface area contributed by atoms with E-state index in [1.165, 1.54) is 41.3 Å². The van der Waals surface area contributed by atoms with Crippen LogP contribution in [0.2, 0.25) is 0 Å². The zero-order valence-electron chi connectivity index (χ0n) is 53.8. The fourth-order valence-electron chi connectivity index (χ4n) is 11.0. The van der Waals surface area contributed by atoms with Gasteiger partial charge in [-0.3, -0.25) is 52.7 Å². The van der Waals surface area contributed by atoms with Crippen molar-refractivity contribution in [1.82, 2.24) is 52.4 Å². The maximum Gasteiger partial charge on any atom is 0.326 e. The smallest absolute Gasteiger partial charge is 0.326 e. The van der Waals surface area contributed by atoms with Crippen LogP contribution in [-0.2, 0) is 83.2 Å². The number of aromatic amines is 1. The lowest BCUT2D eigenvalue weighted by Gasteiger charge is -2.31. The van der Waals surface area contributed by atoms with Crippen LogP contribution >= 0.6 is 0 Å². The van der Waals surface area contributed by atoms with E-state index in [0.717, 1.165) is 12.1 Å². The number of carbonyl (C=O) groups is 12. The summed E-state index contributed by atoms with van der Waals surface area (Å²) in [5.74, 6) is -13.8. The normalized spacial score (nSPS) is 15.7. The molecule has 1 fully saturated rings. The topological polar surface area (TPSA) is 459 Å². The molecule has 29 heteroatoms. The van der Waals surface area contributed by atoms with Crippen LogP contribution in [0.5, 0.6) is 5.75 Å². The van der Waals surface area contributed by atoms with Gasteiger partial charge in [0.15, 0.2) is 0 Å². The molecule has 1 aliphatic rings. The molecule has 4 aromatic carbocycles. The van der Waals surface area contributed by atoms with Crippen molar-refractivity contribution in [1.29, 1.82) is 0 Å². The van der Waals surface area contributed by atoms with Crippen LogP contribution in [0.1, 0.15) is 94.9 Å². The minimum absolute atomic E-state index is 0.00203. The number of rotatable bonds is 36. The third-order valence-corrected chi connectivity index (χ3v) is 16.2. The van der Waals surface area contributed by atoms with Gasteiger partial charge < -0.3 is 84.9 Å². The lowest BCUT2D eigenvalue weighted by atomic mass is 9.99. The van der Waals surface area contributed by atoms with Crippen molar-refractivity contribution in [2.45, 2.75) is 159 Å². The maximum atomic E-state index is 15.1. The number of aliphatic carboxylic acids is 2. The van der Waals surface area contributed by atoms with Crippen molar-refractivity contribution in [3.8, 4) is 5.75 Å². The first-order valence-corrected chi connectivity index (χ1v) is 31.6. The molecule has 5 aromatic rings. The van der Waals surface area contributed by atoms with Gasteiger partial charge in [-0.15, -0.1) is 0 Å². The van der Waals surface area contributed by atoms with Crippen LogP contribution in [0.4, 0.5) is 4.39 Å². The van der Waals surface area contributed by atoms with E-state index in [0.29, 0.717) is 34.0 Å². The van der Waals surface area contributed by atoms with E-state index in [4.69, 9.17) is 17.2 Å². The fourth-order valence-corrected chi connectivity index (χ4v) is 11.0. The van der Waals surface area contributed by atoms with Gasteiger partial charge in [-0.25, -0.2) is 9.18 Å². The minimum atomic E-state index is -2.00. The molecular weight excluding hydrogens is 1250 g/mol. The number of amides is 10. The number of nitrogens with two attached hydrogens (primary N) is 3. The zero-order valence-corrected chi connectivity index (χ0v) is 53.8. The first-order chi connectivity index (χ1) is 45.6. The molecule has 0 spiro atoms. The number of carbonyl (C=O) groups excluding carboxylic acids is 10. The van der Waals surface area contributed by atoms with Crippen molar-refractivity contribution in [3.05, 3.63) is 137 Å². The highest BCUT2D eigenvalue weighted by molar-refractivity contribution is 6.00. The van der Waals surface area contributed by atoms with Gasteiger partial charge >= 0.3 is 11.9 Å². The number of hydrogen-bond donors (Lipinski definition) is 15.